The molecule has 0 saturated carbocycles. The molecule has 0 bridgehead atoms. The van der Waals surface area contributed by atoms with Gasteiger partial charge in [-0.05, 0) is 42.2 Å². The van der Waals surface area contributed by atoms with Gasteiger partial charge in [-0.25, -0.2) is 0 Å². The molecular formula is C21H28N4O. The van der Waals surface area contributed by atoms with E-state index < -0.39 is 0 Å². The van der Waals surface area contributed by atoms with Crippen LogP contribution in [0, 0.1) is 6.92 Å². The summed E-state index contributed by atoms with van der Waals surface area (Å²) in [6, 6.07) is 16.1. The van der Waals surface area contributed by atoms with E-state index in [1.54, 1.807) is 26.0 Å². The van der Waals surface area contributed by atoms with E-state index in [9.17, 15) is 4.79 Å². The summed E-state index contributed by atoms with van der Waals surface area (Å²) in [7, 11) is 5.30. The van der Waals surface area contributed by atoms with Gasteiger partial charge < -0.3 is 15.5 Å². The normalized spacial score (nSPS) is 11.2. The van der Waals surface area contributed by atoms with E-state index in [-0.39, 0.29) is 5.91 Å². The number of guanidine groups is 1. The molecule has 2 aromatic rings. The number of nitrogens with one attached hydrogen (secondary N) is 2. The SMILES string of the molecule is CN=C(NCCc1cccc(C(=O)N(C)C)c1)NCc1ccccc1C. The van der Waals surface area contributed by atoms with Gasteiger partial charge in [0.05, 0.1) is 0 Å². The Hall–Kier alpha value is -2.82. The Labute approximate surface area is 156 Å². The van der Waals surface area contributed by atoms with Crippen LogP contribution in [0.15, 0.2) is 53.5 Å². The molecule has 5 heteroatoms. The first-order valence-electron chi connectivity index (χ1n) is 8.81. The molecule has 2 aromatic carbocycles. The van der Waals surface area contributed by atoms with Crippen LogP contribution in [0.4, 0.5) is 0 Å². The quantitative estimate of drug-likeness (QED) is 0.621. The number of rotatable bonds is 6. The zero-order valence-electron chi connectivity index (χ0n) is 16.0. The van der Waals surface area contributed by atoms with E-state index in [0.29, 0.717) is 0 Å². The molecule has 0 saturated heterocycles. The predicted octanol–water partition coefficient (Wildman–Crippen LogP) is 2.60. The number of hydrogen-bond acceptors (Lipinski definition) is 2. The lowest BCUT2D eigenvalue weighted by atomic mass is 10.1. The summed E-state index contributed by atoms with van der Waals surface area (Å²) >= 11 is 0. The zero-order chi connectivity index (χ0) is 18.9. The molecule has 0 fully saturated rings. The second kappa shape index (κ2) is 9.61. The third kappa shape index (κ3) is 5.62. The molecule has 138 valence electrons. The van der Waals surface area contributed by atoms with Crippen LogP contribution < -0.4 is 10.6 Å². The second-order valence-electron chi connectivity index (χ2n) is 6.43. The summed E-state index contributed by atoms with van der Waals surface area (Å²) in [6.45, 7) is 3.58. The molecule has 0 heterocycles. The maximum absolute atomic E-state index is 12.1. The molecule has 0 aliphatic carbocycles. The molecule has 5 nitrogen and oxygen atoms in total. The van der Waals surface area contributed by atoms with Crippen molar-refractivity contribution < 1.29 is 4.79 Å². The number of carbonyl (C=O) groups is 1. The van der Waals surface area contributed by atoms with Crippen LogP contribution in [0.25, 0.3) is 0 Å². The van der Waals surface area contributed by atoms with Gasteiger partial charge in [0.2, 0.25) is 0 Å². The lowest BCUT2D eigenvalue weighted by Gasteiger charge is -2.14. The number of hydrogen-bond donors (Lipinski definition) is 2. The van der Waals surface area contributed by atoms with Gasteiger partial charge in [-0.1, -0.05) is 36.4 Å². The van der Waals surface area contributed by atoms with Crippen LogP contribution in [-0.4, -0.2) is 44.5 Å². The highest BCUT2D eigenvalue weighted by Gasteiger charge is 2.08. The largest absolute Gasteiger partial charge is 0.356 e. The van der Waals surface area contributed by atoms with Crippen LogP contribution in [0.2, 0.25) is 0 Å². The van der Waals surface area contributed by atoms with Crippen molar-refractivity contribution in [3.8, 4) is 0 Å². The van der Waals surface area contributed by atoms with Gasteiger partial charge in [-0.3, -0.25) is 9.79 Å². The molecule has 0 atom stereocenters. The molecule has 1 amide bonds. The molecule has 2 N–H and O–H groups in total. The average molecular weight is 352 g/mol. The summed E-state index contributed by atoms with van der Waals surface area (Å²) in [5, 5.41) is 6.66. The minimum absolute atomic E-state index is 0.0236. The van der Waals surface area contributed by atoms with Crippen molar-refractivity contribution in [1.82, 2.24) is 15.5 Å². The first-order valence-corrected chi connectivity index (χ1v) is 8.81. The number of benzene rings is 2. The second-order valence-corrected chi connectivity index (χ2v) is 6.43. The van der Waals surface area contributed by atoms with E-state index in [4.69, 9.17) is 0 Å². The van der Waals surface area contributed by atoms with Gasteiger partial charge in [0.25, 0.3) is 5.91 Å². The number of amides is 1. The average Bonchev–Trinajstić information content (AvgIpc) is 2.65. The zero-order valence-corrected chi connectivity index (χ0v) is 16.0. The molecule has 0 radical (unpaired) electrons. The van der Waals surface area contributed by atoms with Crippen LogP contribution >= 0.6 is 0 Å². The number of aryl methyl sites for hydroxylation is 1. The van der Waals surface area contributed by atoms with Crippen LogP contribution in [0.3, 0.4) is 0 Å². The fourth-order valence-electron chi connectivity index (χ4n) is 2.65. The standard InChI is InChI=1S/C21H28N4O/c1-16-8-5-6-10-19(16)15-24-21(22-2)23-13-12-17-9-7-11-18(14-17)20(26)25(3)4/h5-11,14H,12-13,15H2,1-4H3,(H2,22,23,24). The molecule has 0 unspecified atom stereocenters. The van der Waals surface area contributed by atoms with Crippen molar-refractivity contribution >= 4 is 11.9 Å². The third-order valence-corrected chi connectivity index (χ3v) is 4.22. The lowest BCUT2D eigenvalue weighted by molar-refractivity contribution is 0.0827. The third-order valence-electron chi connectivity index (χ3n) is 4.22. The van der Waals surface area contributed by atoms with Gasteiger partial charge in [0.1, 0.15) is 0 Å². The van der Waals surface area contributed by atoms with Crippen molar-refractivity contribution in [1.29, 1.82) is 0 Å². The summed E-state index contributed by atoms with van der Waals surface area (Å²) in [4.78, 5) is 17.9. The maximum Gasteiger partial charge on any atom is 0.253 e. The van der Waals surface area contributed by atoms with Gasteiger partial charge in [-0.2, -0.15) is 0 Å². The highest BCUT2D eigenvalue weighted by molar-refractivity contribution is 5.94. The molecule has 0 aromatic heterocycles. The summed E-state index contributed by atoms with van der Waals surface area (Å²) < 4.78 is 0. The van der Waals surface area contributed by atoms with Crippen molar-refractivity contribution in [2.24, 2.45) is 4.99 Å². The fourth-order valence-corrected chi connectivity index (χ4v) is 2.65. The smallest absolute Gasteiger partial charge is 0.253 e. The molecule has 0 spiro atoms. The van der Waals surface area contributed by atoms with E-state index in [1.807, 2.05) is 36.4 Å². The Morgan fingerprint density at radius 1 is 1.08 bits per heavy atom. The van der Waals surface area contributed by atoms with Crippen molar-refractivity contribution in [2.75, 3.05) is 27.7 Å². The Balaban J connectivity index is 1.85. The van der Waals surface area contributed by atoms with E-state index >= 15 is 0 Å². The van der Waals surface area contributed by atoms with Gasteiger partial charge in [0.15, 0.2) is 5.96 Å². The van der Waals surface area contributed by atoms with Crippen molar-refractivity contribution in [2.45, 2.75) is 19.9 Å². The van der Waals surface area contributed by atoms with Gasteiger partial charge in [-0.15, -0.1) is 0 Å². The van der Waals surface area contributed by atoms with E-state index in [1.165, 1.54) is 11.1 Å². The number of nitrogens with zero attached hydrogens (tertiary/aromatic N) is 2. The summed E-state index contributed by atoms with van der Waals surface area (Å²) in [5.74, 6) is 0.796. The minimum atomic E-state index is 0.0236. The van der Waals surface area contributed by atoms with Crippen LogP contribution in [-0.2, 0) is 13.0 Å². The maximum atomic E-state index is 12.1. The van der Waals surface area contributed by atoms with Crippen molar-refractivity contribution in [3.63, 3.8) is 0 Å². The highest BCUT2D eigenvalue weighted by atomic mass is 16.2. The minimum Gasteiger partial charge on any atom is -0.356 e. The monoisotopic (exact) mass is 352 g/mol. The first kappa shape index (κ1) is 19.5. The van der Waals surface area contributed by atoms with Crippen LogP contribution in [0.1, 0.15) is 27.0 Å². The molecule has 0 aliphatic rings. The van der Waals surface area contributed by atoms with Gasteiger partial charge >= 0.3 is 0 Å². The molecule has 0 aliphatic heterocycles. The molecule has 2 rings (SSSR count). The molecular weight excluding hydrogens is 324 g/mol. The fraction of sp³-hybridized carbons (Fsp3) is 0.333. The highest BCUT2D eigenvalue weighted by Crippen LogP contribution is 2.08. The predicted molar refractivity (Wildman–Crippen MR) is 108 cm³/mol. The Morgan fingerprint density at radius 2 is 1.85 bits per heavy atom. The Kier molecular flexibility index (Phi) is 7.21. The van der Waals surface area contributed by atoms with E-state index in [0.717, 1.165) is 36.6 Å². The Bertz CT molecular complexity index is 768. The molecule has 26 heavy (non-hydrogen) atoms. The summed E-state index contributed by atoms with van der Waals surface area (Å²) in [5.41, 5.74) is 4.36. The topological polar surface area (TPSA) is 56.7 Å². The van der Waals surface area contributed by atoms with Gasteiger partial charge in [0, 0.05) is 39.8 Å². The van der Waals surface area contributed by atoms with E-state index in [2.05, 4.69) is 34.7 Å². The number of carbonyl (C=O) groups excluding carboxylic acids is 1. The summed E-state index contributed by atoms with van der Waals surface area (Å²) in [6.07, 6.45) is 0.819. The first-order chi connectivity index (χ1) is 12.5. The number of aliphatic imine (C=N–C) groups is 1. The Morgan fingerprint density at radius 3 is 2.54 bits per heavy atom. The van der Waals surface area contributed by atoms with Crippen molar-refractivity contribution in [3.05, 3.63) is 70.8 Å². The van der Waals surface area contributed by atoms with Crippen LogP contribution in [0.5, 0.6) is 0 Å². The lowest BCUT2D eigenvalue weighted by Crippen LogP contribution is -2.38.